The molecule has 3 fully saturated rings. The van der Waals surface area contributed by atoms with Gasteiger partial charge in [0.15, 0.2) is 0 Å². The van der Waals surface area contributed by atoms with Gasteiger partial charge in [-0.1, -0.05) is 13.3 Å². The second kappa shape index (κ2) is 6.76. The summed E-state index contributed by atoms with van der Waals surface area (Å²) in [5, 5.41) is 10.1. The highest BCUT2D eigenvalue weighted by molar-refractivity contribution is 4.89. The van der Waals surface area contributed by atoms with Gasteiger partial charge in [-0.15, -0.1) is 0 Å². The molecule has 2 saturated carbocycles. The van der Waals surface area contributed by atoms with Crippen molar-refractivity contribution in [1.82, 2.24) is 4.90 Å². The van der Waals surface area contributed by atoms with E-state index in [-0.39, 0.29) is 6.10 Å². The highest BCUT2D eigenvalue weighted by Crippen LogP contribution is 2.48. The zero-order valence-electron chi connectivity index (χ0n) is 13.0. The summed E-state index contributed by atoms with van der Waals surface area (Å²) in [6.45, 7) is 6.80. The first-order valence-electron chi connectivity index (χ1n) is 8.69. The van der Waals surface area contributed by atoms with Crippen molar-refractivity contribution in [3.05, 3.63) is 0 Å². The summed E-state index contributed by atoms with van der Waals surface area (Å²) in [5.74, 6) is 3.50. The van der Waals surface area contributed by atoms with E-state index < -0.39 is 0 Å². The van der Waals surface area contributed by atoms with Crippen LogP contribution in [0.4, 0.5) is 0 Å². The zero-order chi connectivity index (χ0) is 13.9. The van der Waals surface area contributed by atoms with Gasteiger partial charge < -0.3 is 14.7 Å². The van der Waals surface area contributed by atoms with Gasteiger partial charge in [-0.2, -0.15) is 0 Å². The molecule has 3 nitrogen and oxygen atoms in total. The van der Waals surface area contributed by atoms with Crippen LogP contribution in [0.25, 0.3) is 0 Å². The molecular formula is C17H31NO2. The van der Waals surface area contributed by atoms with Gasteiger partial charge in [0.25, 0.3) is 0 Å². The van der Waals surface area contributed by atoms with Gasteiger partial charge in [0.05, 0.1) is 12.7 Å². The maximum absolute atomic E-state index is 10.1. The van der Waals surface area contributed by atoms with Crippen molar-refractivity contribution in [2.75, 3.05) is 32.8 Å². The Balaban J connectivity index is 1.30. The molecule has 0 aromatic heterocycles. The lowest BCUT2D eigenvalue weighted by Gasteiger charge is -2.32. The largest absolute Gasteiger partial charge is 0.389 e. The van der Waals surface area contributed by atoms with Gasteiger partial charge in [-0.25, -0.2) is 0 Å². The predicted molar refractivity (Wildman–Crippen MR) is 80.6 cm³/mol. The Kier molecular flexibility index (Phi) is 5.00. The smallest absolute Gasteiger partial charge is 0.0900 e. The first kappa shape index (κ1) is 14.8. The summed E-state index contributed by atoms with van der Waals surface area (Å²) in [6.07, 6.45) is 8.02. The number of β-amino-alcohol motifs (C(OH)–C–C–N with tert-alkyl or cyclic N) is 1. The average molecular weight is 281 g/mol. The summed E-state index contributed by atoms with van der Waals surface area (Å²) < 4.78 is 5.82. The standard InChI is InChI=1S/C17H31NO2/c1-13-3-2-6-18(9-13)10-17(19)12-20-11-16-8-14-4-5-15(16)7-14/h13-17,19H,2-12H2,1H3/t13-,14+,15+,16-,17-/m1/s1. The Labute approximate surface area is 123 Å². The predicted octanol–water partition coefficient (Wildman–Crippen LogP) is 2.53. The molecule has 0 unspecified atom stereocenters. The van der Waals surface area contributed by atoms with E-state index in [4.69, 9.17) is 4.74 Å². The first-order valence-corrected chi connectivity index (χ1v) is 8.69. The SMILES string of the molecule is C[C@@H]1CCCN(C[C@@H](O)COC[C@H]2C[C@H]3CC[C@H]2C3)C1. The highest BCUT2D eigenvalue weighted by Gasteiger charge is 2.39. The van der Waals surface area contributed by atoms with Crippen molar-refractivity contribution in [2.24, 2.45) is 23.7 Å². The number of aliphatic hydroxyl groups is 1. The third-order valence-corrected chi connectivity index (χ3v) is 5.74. The minimum atomic E-state index is -0.307. The number of hydrogen-bond donors (Lipinski definition) is 1. The van der Waals surface area contributed by atoms with Crippen molar-refractivity contribution in [1.29, 1.82) is 0 Å². The number of likely N-dealkylation sites (tertiary alicyclic amines) is 1. The van der Waals surface area contributed by atoms with Crippen LogP contribution in [-0.4, -0.2) is 49.0 Å². The molecule has 0 aromatic carbocycles. The maximum Gasteiger partial charge on any atom is 0.0900 e. The third kappa shape index (κ3) is 3.75. The van der Waals surface area contributed by atoms with Gasteiger partial charge in [-0.3, -0.25) is 0 Å². The average Bonchev–Trinajstić information content (AvgIpc) is 3.01. The molecule has 0 amide bonds. The van der Waals surface area contributed by atoms with E-state index in [9.17, 15) is 5.11 Å². The number of fused-ring (bicyclic) bond motifs is 2. The first-order chi connectivity index (χ1) is 9.70. The van der Waals surface area contributed by atoms with Crippen molar-refractivity contribution >= 4 is 0 Å². The topological polar surface area (TPSA) is 32.7 Å². The van der Waals surface area contributed by atoms with Gasteiger partial charge in [0.2, 0.25) is 0 Å². The van der Waals surface area contributed by atoms with E-state index in [1.165, 1.54) is 38.5 Å². The van der Waals surface area contributed by atoms with Gasteiger partial charge in [0.1, 0.15) is 0 Å². The Morgan fingerprint density at radius 3 is 2.85 bits per heavy atom. The molecule has 1 aliphatic heterocycles. The molecule has 5 atom stereocenters. The van der Waals surface area contributed by atoms with E-state index in [1.54, 1.807) is 0 Å². The van der Waals surface area contributed by atoms with Crippen LogP contribution in [-0.2, 0) is 4.74 Å². The van der Waals surface area contributed by atoms with Crippen LogP contribution in [0.2, 0.25) is 0 Å². The molecule has 0 aromatic rings. The summed E-state index contributed by atoms with van der Waals surface area (Å²) in [5.41, 5.74) is 0. The number of aliphatic hydroxyl groups excluding tert-OH is 1. The van der Waals surface area contributed by atoms with Crippen molar-refractivity contribution < 1.29 is 9.84 Å². The Bertz CT molecular complexity index is 309. The second-order valence-corrected chi connectivity index (χ2v) is 7.63. The molecule has 3 rings (SSSR count). The number of piperidine rings is 1. The van der Waals surface area contributed by atoms with Crippen LogP contribution >= 0.6 is 0 Å². The van der Waals surface area contributed by atoms with E-state index in [1.807, 2.05) is 0 Å². The number of ether oxygens (including phenoxy) is 1. The van der Waals surface area contributed by atoms with Crippen LogP contribution < -0.4 is 0 Å². The Morgan fingerprint density at radius 2 is 2.15 bits per heavy atom. The number of nitrogens with zero attached hydrogens (tertiary/aromatic N) is 1. The number of hydrogen-bond acceptors (Lipinski definition) is 3. The fourth-order valence-corrected chi connectivity index (χ4v) is 4.74. The van der Waals surface area contributed by atoms with Crippen LogP contribution in [0.5, 0.6) is 0 Å². The number of rotatable bonds is 6. The molecule has 3 aliphatic rings. The molecule has 116 valence electrons. The maximum atomic E-state index is 10.1. The van der Waals surface area contributed by atoms with Crippen molar-refractivity contribution in [3.63, 3.8) is 0 Å². The molecule has 2 aliphatic carbocycles. The minimum absolute atomic E-state index is 0.307. The lowest BCUT2D eigenvalue weighted by molar-refractivity contribution is -0.00689. The molecule has 1 saturated heterocycles. The Morgan fingerprint density at radius 1 is 1.25 bits per heavy atom. The van der Waals surface area contributed by atoms with Crippen LogP contribution in [0, 0.1) is 23.7 Å². The lowest BCUT2D eigenvalue weighted by Crippen LogP contribution is -2.41. The lowest BCUT2D eigenvalue weighted by atomic mass is 9.90. The third-order valence-electron chi connectivity index (χ3n) is 5.74. The van der Waals surface area contributed by atoms with E-state index in [0.29, 0.717) is 6.61 Å². The molecule has 20 heavy (non-hydrogen) atoms. The van der Waals surface area contributed by atoms with E-state index >= 15 is 0 Å². The van der Waals surface area contributed by atoms with Crippen molar-refractivity contribution in [2.45, 2.75) is 51.6 Å². The molecule has 1 N–H and O–H groups in total. The fourth-order valence-electron chi connectivity index (χ4n) is 4.74. The highest BCUT2D eigenvalue weighted by atomic mass is 16.5. The minimum Gasteiger partial charge on any atom is -0.389 e. The quantitative estimate of drug-likeness (QED) is 0.812. The molecular weight excluding hydrogens is 250 g/mol. The summed E-state index contributed by atoms with van der Waals surface area (Å²) in [6, 6.07) is 0. The van der Waals surface area contributed by atoms with Crippen LogP contribution in [0.1, 0.15) is 45.4 Å². The van der Waals surface area contributed by atoms with Gasteiger partial charge in [-0.05, 0) is 62.3 Å². The van der Waals surface area contributed by atoms with Crippen LogP contribution in [0.15, 0.2) is 0 Å². The van der Waals surface area contributed by atoms with E-state index in [0.717, 1.165) is 49.9 Å². The molecule has 0 radical (unpaired) electrons. The summed E-state index contributed by atoms with van der Waals surface area (Å²) in [4.78, 5) is 2.40. The molecule has 3 heteroatoms. The van der Waals surface area contributed by atoms with Crippen molar-refractivity contribution in [3.8, 4) is 0 Å². The second-order valence-electron chi connectivity index (χ2n) is 7.63. The fraction of sp³-hybridized carbons (Fsp3) is 1.00. The molecule has 0 spiro atoms. The monoisotopic (exact) mass is 281 g/mol. The van der Waals surface area contributed by atoms with Gasteiger partial charge >= 0.3 is 0 Å². The van der Waals surface area contributed by atoms with Crippen LogP contribution in [0.3, 0.4) is 0 Å². The molecule has 2 bridgehead atoms. The normalized spacial score (nSPS) is 39.3. The van der Waals surface area contributed by atoms with Gasteiger partial charge in [0, 0.05) is 19.7 Å². The summed E-state index contributed by atoms with van der Waals surface area (Å²) >= 11 is 0. The Hall–Kier alpha value is -0.120. The summed E-state index contributed by atoms with van der Waals surface area (Å²) in [7, 11) is 0. The zero-order valence-corrected chi connectivity index (χ0v) is 13.0. The van der Waals surface area contributed by atoms with E-state index in [2.05, 4.69) is 11.8 Å². The molecule has 1 heterocycles.